The van der Waals surface area contributed by atoms with Crippen molar-refractivity contribution in [1.82, 2.24) is 0 Å². The summed E-state index contributed by atoms with van der Waals surface area (Å²) in [7, 11) is 0. The van der Waals surface area contributed by atoms with Gasteiger partial charge in [0.15, 0.2) is 0 Å². The second-order valence-electron chi connectivity index (χ2n) is 5.70. The summed E-state index contributed by atoms with van der Waals surface area (Å²) in [5.41, 5.74) is 2.60. The van der Waals surface area contributed by atoms with Crippen molar-refractivity contribution in [1.29, 1.82) is 0 Å². The molecule has 122 valence electrons. The van der Waals surface area contributed by atoms with E-state index in [0.717, 1.165) is 33.3 Å². The second-order valence-corrected chi connectivity index (χ2v) is 6.14. The zero-order valence-corrected chi connectivity index (χ0v) is 14.0. The lowest BCUT2D eigenvalue weighted by Crippen LogP contribution is -2.70. The number of halogens is 1. The fraction of sp³-hybridized carbons (Fsp3) is 0. The zero-order valence-electron chi connectivity index (χ0n) is 13.2. The smallest absolute Gasteiger partial charge is 0.218 e. The van der Waals surface area contributed by atoms with Gasteiger partial charge in [0.05, 0.1) is 11.5 Å². The van der Waals surface area contributed by atoms with Gasteiger partial charge in [-0.3, -0.25) is 0 Å². The Kier molecular flexibility index (Phi) is 4.00. The van der Waals surface area contributed by atoms with E-state index in [1.165, 1.54) is 0 Å². The van der Waals surface area contributed by atoms with Crippen LogP contribution in [-0.2, 0) is 0 Å². The molecule has 3 nitrogen and oxygen atoms in total. The van der Waals surface area contributed by atoms with Crippen molar-refractivity contribution in [2.75, 3.05) is 0 Å². The van der Waals surface area contributed by atoms with E-state index in [0.29, 0.717) is 5.02 Å². The highest BCUT2D eigenvalue weighted by Crippen LogP contribution is 2.23. The molecular formula is C21H15ClNO2+. The number of rotatable bonds is 2. The lowest BCUT2D eigenvalue weighted by atomic mass is 10.1. The number of hydrogen-bond acceptors (Lipinski definition) is 2. The Hall–Kier alpha value is -3.04. The highest BCUT2D eigenvalue weighted by Gasteiger charge is 2.10. The van der Waals surface area contributed by atoms with E-state index >= 15 is 0 Å². The molecule has 1 aromatic heterocycles. The van der Waals surface area contributed by atoms with Crippen LogP contribution < -0.4 is 10.3 Å². The molecule has 2 N–H and O–H groups in total. The Morgan fingerprint density at radius 3 is 2.36 bits per heavy atom. The molecular weight excluding hydrogens is 334 g/mol. The van der Waals surface area contributed by atoms with E-state index in [2.05, 4.69) is 4.99 Å². The Balaban J connectivity index is 2.00. The SMILES string of the molecule is Oc1ccc([NH+]=c2cc(-c3ccccc3)oc3ccc(Cl)cc23)cc1. The monoisotopic (exact) mass is 348 g/mol. The van der Waals surface area contributed by atoms with Crippen LogP contribution in [0.3, 0.4) is 0 Å². The minimum atomic E-state index is 0.228. The minimum absolute atomic E-state index is 0.228. The van der Waals surface area contributed by atoms with E-state index in [9.17, 15) is 5.11 Å². The summed E-state index contributed by atoms with van der Waals surface area (Å²) in [6, 6.07) is 24.4. The first-order chi connectivity index (χ1) is 12.2. The molecule has 0 fully saturated rings. The molecule has 0 bridgehead atoms. The first kappa shape index (κ1) is 15.5. The van der Waals surface area contributed by atoms with Gasteiger partial charge in [-0.05, 0) is 30.3 Å². The topological polar surface area (TPSA) is 47.3 Å². The highest BCUT2D eigenvalue weighted by atomic mass is 35.5. The normalized spacial score (nSPS) is 11.8. The van der Waals surface area contributed by atoms with Crippen molar-refractivity contribution in [2.24, 2.45) is 0 Å². The lowest BCUT2D eigenvalue weighted by molar-refractivity contribution is -0.400. The molecule has 4 aromatic rings. The highest BCUT2D eigenvalue weighted by molar-refractivity contribution is 6.31. The van der Waals surface area contributed by atoms with Gasteiger partial charge >= 0.3 is 0 Å². The van der Waals surface area contributed by atoms with Crippen molar-refractivity contribution >= 4 is 28.3 Å². The summed E-state index contributed by atoms with van der Waals surface area (Å²) in [5, 5.41) is 11.9. The number of hydrogen-bond donors (Lipinski definition) is 2. The van der Waals surface area contributed by atoms with Crippen LogP contribution >= 0.6 is 11.6 Å². The number of benzene rings is 3. The molecule has 0 aliphatic carbocycles. The van der Waals surface area contributed by atoms with Crippen molar-refractivity contribution in [3.8, 4) is 17.1 Å². The number of phenolic OH excluding ortho intramolecular Hbond substituents is 1. The van der Waals surface area contributed by atoms with E-state index < -0.39 is 0 Å². The quantitative estimate of drug-likeness (QED) is 0.542. The maximum atomic E-state index is 9.46. The Bertz CT molecular complexity index is 1100. The van der Waals surface area contributed by atoms with Gasteiger partial charge in [-0.25, -0.2) is 4.99 Å². The fourth-order valence-electron chi connectivity index (χ4n) is 2.71. The van der Waals surface area contributed by atoms with Gasteiger partial charge in [0.25, 0.3) is 0 Å². The van der Waals surface area contributed by atoms with Crippen LogP contribution in [0.25, 0.3) is 22.3 Å². The van der Waals surface area contributed by atoms with Crippen molar-refractivity contribution in [2.45, 2.75) is 0 Å². The Morgan fingerprint density at radius 1 is 0.840 bits per heavy atom. The molecule has 1 heterocycles. The fourth-order valence-corrected chi connectivity index (χ4v) is 2.88. The molecule has 3 aromatic carbocycles. The van der Waals surface area contributed by atoms with Gasteiger partial charge in [0, 0.05) is 22.7 Å². The Labute approximate surface area is 149 Å². The summed E-state index contributed by atoms with van der Waals surface area (Å²) in [6.07, 6.45) is 0. The van der Waals surface area contributed by atoms with Gasteiger partial charge in [-0.2, -0.15) is 0 Å². The summed E-state index contributed by atoms with van der Waals surface area (Å²) in [6.45, 7) is 0. The average molecular weight is 349 g/mol. The maximum Gasteiger partial charge on any atom is 0.218 e. The van der Waals surface area contributed by atoms with Crippen LogP contribution in [0.15, 0.2) is 83.3 Å². The van der Waals surface area contributed by atoms with Gasteiger partial charge in [0.2, 0.25) is 11.0 Å². The van der Waals surface area contributed by atoms with Crippen molar-refractivity contribution in [3.63, 3.8) is 0 Å². The first-order valence-electron chi connectivity index (χ1n) is 7.87. The van der Waals surface area contributed by atoms with Crippen molar-refractivity contribution < 1.29 is 14.5 Å². The van der Waals surface area contributed by atoms with E-state index in [1.54, 1.807) is 12.1 Å². The van der Waals surface area contributed by atoms with Crippen molar-refractivity contribution in [3.05, 3.63) is 89.2 Å². The molecule has 0 radical (unpaired) electrons. The molecule has 0 atom stereocenters. The van der Waals surface area contributed by atoms with Gasteiger partial charge < -0.3 is 9.52 Å². The van der Waals surface area contributed by atoms with E-state index in [1.807, 2.05) is 66.7 Å². The van der Waals surface area contributed by atoms with E-state index in [-0.39, 0.29) is 5.75 Å². The Morgan fingerprint density at radius 2 is 1.60 bits per heavy atom. The standard InChI is InChI=1S/C21H14ClNO2/c22-15-6-11-20-18(12-15)19(23-16-7-9-17(24)10-8-16)13-21(25-20)14-4-2-1-3-5-14/h1-13,24H/p+1. The third kappa shape index (κ3) is 3.28. The van der Waals surface area contributed by atoms with E-state index in [4.69, 9.17) is 16.0 Å². The molecule has 0 aliphatic rings. The third-order valence-electron chi connectivity index (χ3n) is 3.93. The average Bonchev–Trinajstić information content (AvgIpc) is 2.64. The molecule has 0 saturated heterocycles. The molecule has 4 heteroatoms. The number of nitrogens with one attached hydrogen (secondary N) is 1. The second kappa shape index (κ2) is 6.46. The number of aromatic hydroxyl groups is 1. The summed E-state index contributed by atoms with van der Waals surface area (Å²) in [5.74, 6) is 0.989. The van der Waals surface area contributed by atoms with Gasteiger partial charge in [-0.15, -0.1) is 0 Å². The molecule has 0 amide bonds. The van der Waals surface area contributed by atoms with Crippen LogP contribution in [0.1, 0.15) is 0 Å². The summed E-state index contributed by atoms with van der Waals surface area (Å²) >= 11 is 6.17. The molecule has 0 aliphatic heterocycles. The first-order valence-corrected chi connectivity index (χ1v) is 8.25. The summed E-state index contributed by atoms with van der Waals surface area (Å²) < 4.78 is 6.06. The number of fused-ring (bicyclic) bond motifs is 1. The predicted molar refractivity (Wildman–Crippen MR) is 98.5 cm³/mol. The molecule has 0 spiro atoms. The van der Waals surface area contributed by atoms with Crippen LogP contribution in [0.5, 0.6) is 5.75 Å². The number of phenols is 1. The van der Waals surface area contributed by atoms with Crippen LogP contribution in [0.4, 0.5) is 5.69 Å². The molecule has 0 unspecified atom stereocenters. The minimum Gasteiger partial charge on any atom is -0.508 e. The molecule has 0 saturated carbocycles. The zero-order chi connectivity index (χ0) is 17.2. The largest absolute Gasteiger partial charge is 0.508 e. The molecule has 25 heavy (non-hydrogen) atoms. The van der Waals surface area contributed by atoms with Crippen LogP contribution in [-0.4, -0.2) is 5.11 Å². The summed E-state index contributed by atoms with van der Waals surface area (Å²) in [4.78, 5) is 3.38. The predicted octanol–water partition coefficient (Wildman–Crippen LogP) is 3.77. The third-order valence-corrected chi connectivity index (χ3v) is 4.17. The lowest BCUT2D eigenvalue weighted by Gasteiger charge is -2.03. The van der Waals surface area contributed by atoms with Crippen LogP contribution in [0, 0.1) is 0 Å². The van der Waals surface area contributed by atoms with Gasteiger partial charge in [-0.1, -0.05) is 41.9 Å². The van der Waals surface area contributed by atoms with Gasteiger partial charge in [0.1, 0.15) is 17.1 Å². The molecule has 4 rings (SSSR count). The maximum absolute atomic E-state index is 9.46. The van der Waals surface area contributed by atoms with Crippen LogP contribution in [0.2, 0.25) is 5.02 Å².